The number of halogens is 1. The quantitative estimate of drug-likeness (QED) is 0.833. The molecule has 3 rings (SSSR count). The minimum Gasteiger partial charge on any atom is -0.497 e. The molecule has 128 valence electrons. The minimum atomic E-state index is -3.52. The lowest BCUT2D eigenvalue weighted by Gasteiger charge is -2.19. The molecule has 2 aromatic carbocycles. The number of ether oxygens (including phenoxy) is 1. The summed E-state index contributed by atoms with van der Waals surface area (Å²) < 4.78 is 45.9. The molecule has 24 heavy (non-hydrogen) atoms. The summed E-state index contributed by atoms with van der Waals surface area (Å²) in [5, 5.41) is 0. The van der Waals surface area contributed by atoms with Crippen LogP contribution in [0.4, 0.5) is 4.39 Å². The Labute approximate surface area is 141 Å². The molecule has 0 aromatic heterocycles. The predicted molar refractivity (Wildman–Crippen MR) is 90.6 cm³/mol. The molecular weight excluding hydrogens is 329 g/mol. The van der Waals surface area contributed by atoms with Gasteiger partial charge in [-0.1, -0.05) is 24.3 Å². The van der Waals surface area contributed by atoms with Crippen molar-refractivity contribution in [1.82, 2.24) is 4.72 Å². The Bertz CT molecular complexity index is 784. The Morgan fingerprint density at radius 2 is 1.75 bits per heavy atom. The van der Waals surface area contributed by atoms with Gasteiger partial charge in [-0.3, -0.25) is 0 Å². The summed E-state index contributed by atoms with van der Waals surface area (Å²) in [5.74, 6) is 0.522. The lowest BCUT2D eigenvalue weighted by atomic mass is 10.0. The van der Waals surface area contributed by atoms with E-state index < -0.39 is 10.0 Å². The number of hydrogen-bond acceptors (Lipinski definition) is 3. The summed E-state index contributed by atoms with van der Waals surface area (Å²) in [5.41, 5.74) is 1.49. The second-order valence-electron chi connectivity index (χ2n) is 6.09. The third kappa shape index (κ3) is 4.33. The summed E-state index contributed by atoms with van der Waals surface area (Å²) in [6.07, 6.45) is 2.02. The topological polar surface area (TPSA) is 55.4 Å². The summed E-state index contributed by atoms with van der Waals surface area (Å²) in [7, 11) is -1.92. The van der Waals surface area contributed by atoms with Crippen LogP contribution in [0, 0.1) is 11.7 Å². The van der Waals surface area contributed by atoms with Crippen molar-refractivity contribution in [3.05, 3.63) is 65.5 Å². The highest BCUT2D eigenvalue weighted by atomic mass is 32.2. The molecule has 1 fully saturated rings. The molecule has 6 heteroatoms. The fourth-order valence-electron chi connectivity index (χ4n) is 2.71. The lowest BCUT2D eigenvalue weighted by Crippen LogP contribution is -2.31. The van der Waals surface area contributed by atoms with Crippen LogP contribution in [0.1, 0.15) is 30.0 Å². The first-order valence-corrected chi connectivity index (χ1v) is 9.50. The van der Waals surface area contributed by atoms with Crippen LogP contribution < -0.4 is 9.46 Å². The summed E-state index contributed by atoms with van der Waals surface area (Å²) in [6.45, 7) is 0. The van der Waals surface area contributed by atoms with Crippen molar-refractivity contribution in [3.8, 4) is 5.75 Å². The number of sulfonamides is 1. The molecule has 1 aliphatic carbocycles. The number of methoxy groups -OCH3 is 1. The van der Waals surface area contributed by atoms with Crippen LogP contribution in [0.15, 0.2) is 48.5 Å². The van der Waals surface area contributed by atoms with Gasteiger partial charge < -0.3 is 4.74 Å². The van der Waals surface area contributed by atoms with Crippen molar-refractivity contribution in [1.29, 1.82) is 0 Å². The number of hydrogen-bond donors (Lipinski definition) is 1. The first-order valence-electron chi connectivity index (χ1n) is 7.85. The second kappa shape index (κ2) is 6.91. The van der Waals surface area contributed by atoms with E-state index in [2.05, 4.69) is 4.72 Å². The Morgan fingerprint density at radius 1 is 1.12 bits per heavy atom. The summed E-state index contributed by atoms with van der Waals surface area (Å²) in [6, 6.07) is 12.7. The van der Waals surface area contributed by atoms with E-state index >= 15 is 0 Å². The largest absolute Gasteiger partial charge is 0.497 e. The van der Waals surface area contributed by atoms with E-state index in [0.717, 1.165) is 24.2 Å². The van der Waals surface area contributed by atoms with E-state index in [0.29, 0.717) is 11.5 Å². The maximum atomic E-state index is 13.0. The highest BCUT2D eigenvalue weighted by molar-refractivity contribution is 7.88. The van der Waals surface area contributed by atoms with Gasteiger partial charge in [-0.2, -0.15) is 0 Å². The van der Waals surface area contributed by atoms with E-state index in [-0.39, 0.29) is 17.6 Å². The van der Waals surface area contributed by atoms with Crippen molar-refractivity contribution in [2.24, 2.45) is 5.92 Å². The van der Waals surface area contributed by atoms with Crippen molar-refractivity contribution >= 4 is 10.0 Å². The fourth-order valence-corrected chi connectivity index (χ4v) is 4.14. The zero-order valence-electron chi connectivity index (χ0n) is 13.4. The standard InChI is InChI=1S/C18H20FNO3S/c1-23-17-10-6-15(7-11-17)18(14-4-5-14)20-24(21,22)12-13-2-8-16(19)9-3-13/h2-3,6-11,14,18,20H,4-5,12H2,1H3. The highest BCUT2D eigenvalue weighted by Gasteiger charge is 2.35. The van der Waals surface area contributed by atoms with Gasteiger partial charge in [-0.25, -0.2) is 17.5 Å². The number of benzene rings is 2. The molecule has 0 radical (unpaired) electrons. The Kier molecular flexibility index (Phi) is 4.87. The van der Waals surface area contributed by atoms with Crippen molar-refractivity contribution in [3.63, 3.8) is 0 Å². The van der Waals surface area contributed by atoms with Gasteiger partial charge in [0, 0.05) is 6.04 Å². The Balaban J connectivity index is 1.75. The zero-order valence-corrected chi connectivity index (χ0v) is 14.2. The normalized spacial score (nSPS) is 15.9. The molecule has 2 aromatic rings. The molecule has 0 amide bonds. The van der Waals surface area contributed by atoms with Crippen LogP contribution in [0.3, 0.4) is 0 Å². The molecule has 4 nitrogen and oxygen atoms in total. The van der Waals surface area contributed by atoms with E-state index in [1.165, 1.54) is 24.3 Å². The zero-order chi connectivity index (χ0) is 17.2. The summed E-state index contributed by atoms with van der Waals surface area (Å²) >= 11 is 0. The SMILES string of the molecule is COc1ccc(C(NS(=O)(=O)Cc2ccc(F)cc2)C2CC2)cc1. The molecule has 0 bridgehead atoms. The monoisotopic (exact) mass is 349 g/mol. The van der Waals surface area contributed by atoms with Crippen LogP contribution in [-0.2, 0) is 15.8 Å². The molecule has 1 saturated carbocycles. The molecule has 0 aliphatic heterocycles. The third-order valence-electron chi connectivity index (χ3n) is 4.14. The molecule has 1 atom stereocenters. The van der Waals surface area contributed by atoms with Gasteiger partial charge in [-0.15, -0.1) is 0 Å². The fraction of sp³-hybridized carbons (Fsp3) is 0.333. The average molecular weight is 349 g/mol. The van der Waals surface area contributed by atoms with Gasteiger partial charge >= 0.3 is 0 Å². The number of rotatable bonds is 7. The van der Waals surface area contributed by atoms with Crippen LogP contribution in [-0.4, -0.2) is 15.5 Å². The molecule has 1 N–H and O–H groups in total. The first-order chi connectivity index (χ1) is 11.5. The Hall–Kier alpha value is -1.92. The second-order valence-corrected chi connectivity index (χ2v) is 7.85. The van der Waals surface area contributed by atoms with Gasteiger partial charge in [-0.05, 0) is 54.2 Å². The van der Waals surface area contributed by atoms with Crippen LogP contribution in [0.25, 0.3) is 0 Å². The summed E-state index contributed by atoms with van der Waals surface area (Å²) in [4.78, 5) is 0. The van der Waals surface area contributed by atoms with E-state index in [1.54, 1.807) is 7.11 Å². The molecule has 0 saturated heterocycles. The van der Waals surface area contributed by atoms with E-state index in [1.807, 2.05) is 24.3 Å². The van der Waals surface area contributed by atoms with Crippen LogP contribution in [0.5, 0.6) is 5.75 Å². The van der Waals surface area contributed by atoms with Gasteiger partial charge in [0.25, 0.3) is 0 Å². The lowest BCUT2D eigenvalue weighted by molar-refractivity contribution is 0.414. The average Bonchev–Trinajstić information content (AvgIpc) is 3.40. The van der Waals surface area contributed by atoms with Gasteiger partial charge in [0.1, 0.15) is 11.6 Å². The van der Waals surface area contributed by atoms with Crippen molar-refractivity contribution < 1.29 is 17.5 Å². The molecule has 0 spiro atoms. The third-order valence-corrected chi connectivity index (χ3v) is 5.47. The maximum Gasteiger partial charge on any atom is 0.216 e. The van der Waals surface area contributed by atoms with Gasteiger partial charge in [0.05, 0.1) is 12.9 Å². The molecule has 0 heterocycles. The smallest absolute Gasteiger partial charge is 0.216 e. The molecular formula is C18H20FNO3S. The molecule has 1 aliphatic rings. The minimum absolute atomic E-state index is 0.160. The predicted octanol–water partition coefficient (Wildman–Crippen LogP) is 3.41. The van der Waals surface area contributed by atoms with Gasteiger partial charge in [0.2, 0.25) is 10.0 Å². The van der Waals surface area contributed by atoms with Crippen LogP contribution >= 0.6 is 0 Å². The maximum absolute atomic E-state index is 13.0. The highest BCUT2D eigenvalue weighted by Crippen LogP contribution is 2.41. The van der Waals surface area contributed by atoms with Crippen molar-refractivity contribution in [2.45, 2.75) is 24.6 Å². The number of nitrogens with one attached hydrogen (secondary N) is 1. The molecule has 1 unspecified atom stereocenters. The van der Waals surface area contributed by atoms with Gasteiger partial charge in [0.15, 0.2) is 0 Å². The van der Waals surface area contributed by atoms with E-state index in [9.17, 15) is 12.8 Å². The van der Waals surface area contributed by atoms with Crippen LogP contribution in [0.2, 0.25) is 0 Å². The first kappa shape index (κ1) is 16.9. The Morgan fingerprint density at radius 3 is 2.29 bits per heavy atom. The van der Waals surface area contributed by atoms with Crippen molar-refractivity contribution in [2.75, 3.05) is 7.11 Å². The van der Waals surface area contributed by atoms with E-state index in [4.69, 9.17) is 4.74 Å².